The van der Waals surface area contributed by atoms with Crippen molar-refractivity contribution in [1.82, 2.24) is 0 Å². The van der Waals surface area contributed by atoms with Gasteiger partial charge in [-0.3, -0.25) is 0 Å². The van der Waals surface area contributed by atoms with Gasteiger partial charge < -0.3 is 14.3 Å². The van der Waals surface area contributed by atoms with E-state index >= 15 is 0 Å². The van der Waals surface area contributed by atoms with E-state index in [2.05, 4.69) is 25.9 Å². The van der Waals surface area contributed by atoms with E-state index in [1.54, 1.807) is 0 Å². The number of unbranched alkanes of at least 4 members (excludes halogenated alkanes) is 2. The molecule has 0 aromatic heterocycles. The molecule has 4 heteroatoms. The molecule has 0 radical (unpaired) electrons. The summed E-state index contributed by atoms with van der Waals surface area (Å²) in [5, 5.41) is 4.06. The number of hydrogen-bond acceptors (Lipinski definition) is 4. The predicted octanol–water partition coefficient (Wildman–Crippen LogP) is 5.85. The number of rotatable bonds is 11. The minimum atomic E-state index is 0.190. The van der Waals surface area contributed by atoms with Crippen LogP contribution < -0.4 is 9.57 Å². The molecule has 0 aliphatic heterocycles. The fourth-order valence-electron chi connectivity index (χ4n) is 2.17. The molecule has 4 nitrogen and oxygen atoms in total. The normalized spacial score (nSPS) is 12.5. The molecule has 0 saturated carbocycles. The van der Waals surface area contributed by atoms with E-state index in [4.69, 9.17) is 14.3 Å². The third kappa shape index (κ3) is 11.6. The van der Waals surface area contributed by atoms with E-state index in [-0.39, 0.29) is 6.10 Å². The average molecular weight is 350 g/mol. The Morgan fingerprint density at radius 3 is 2.24 bits per heavy atom. The van der Waals surface area contributed by atoms with E-state index in [0.29, 0.717) is 17.8 Å². The second-order valence-electron chi connectivity index (χ2n) is 7.97. The van der Waals surface area contributed by atoms with Crippen LogP contribution in [0.15, 0.2) is 29.4 Å². The SMILES string of the molecule is C/C(COC(C)C)=N\Oc1ccc(OCCCCCC(C)(C)C)cc1. The zero-order valence-corrected chi connectivity index (χ0v) is 16.8. The molecule has 0 heterocycles. The molecule has 0 aliphatic rings. The summed E-state index contributed by atoms with van der Waals surface area (Å²) in [5.41, 5.74) is 1.24. The molecule has 0 amide bonds. The Kier molecular flexibility index (Phi) is 9.58. The van der Waals surface area contributed by atoms with Crippen LogP contribution in [-0.2, 0) is 4.74 Å². The van der Waals surface area contributed by atoms with Gasteiger partial charge in [0.05, 0.1) is 25.0 Å². The smallest absolute Gasteiger partial charge is 0.158 e. The van der Waals surface area contributed by atoms with Crippen LogP contribution >= 0.6 is 0 Å². The largest absolute Gasteiger partial charge is 0.494 e. The molecule has 0 saturated heterocycles. The maximum absolute atomic E-state index is 5.77. The van der Waals surface area contributed by atoms with Crippen LogP contribution in [0, 0.1) is 5.41 Å². The highest BCUT2D eigenvalue weighted by Crippen LogP contribution is 2.22. The molecule has 1 aromatic rings. The lowest BCUT2D eigenvalue weighted by Crippen LogP contribution is -2.11. The lowest BCUT2D eigenvalue weighted by Gasteiger charge is -2.17. The van der Waals surface area contributed by atoms with E-state index in [0.717, 1.165) is 24.5 Å². The molecule has 142 valence electrons. The summed E-state index contributed by atoms with van der Waals surface area (Å²) in [7, 11) is 0. The molecule has 1 rings (SSSR count). The Morgan fingerprint density at radius 2 is 1.64 bits per heavy atom. The monoisotopic (exact) mass is 349 g/mol. The number of hydrogen-bond donors (Lipinski definition) is 0. The number of benzene rings is 1. The highest BCUT2D eigenvalue weighted by Gasteiger charge is 2.08. The van der Waals surface area contributed by atoms with E-state index in [1.807, 2.05) is 45.0 Å². The van der Waals surface area contributed by atoms with Gasteiger partial charge in [0.1, 0.15) is 5.75 Å². The molecule has 0 spiro atoms. The van der Waals surface area contributed by atoms with Gasteiger partial charge in [0.15, 0.2) is 5.75 Å². The Hall–Kier alpha value is -1.55. The Labute approximate surface area is 153 Å². The van der Waals surface area contributed by atoms with Gasteiger partial charge >= 0.3 is 0 Å². The standard InChI is InChI=1S/C21H35NO3/c1-17(2)24-16-18(3)22-25-20-12-10-19(11-13-20)23-15-9-7-8-14-21(4,5)6/h10-13,17H,7-9,14-16H2,1-6H3/b22-18+. The predicted molar refractivity (Wildman–Crippen MR) is 105 cm³/mol. The van der Waals surface area contributed by atoms with E-state index in [1.165, 1.54) is 19.3 Å². The summed E-state index contributed by atoms with van der Waals surface area (Å²) in [6.45, 7) is 14.0. The number of nitrogens with zero attached hydrogens (tertiary/aromatic N) is 1. The second kappa shape index (κ2) is 11.1. The first-order valence-corrected chi connectivity index (χ1v) is 9.31. The lowest BCUT2D eigenvalue weighted by molar-refractivity contribution is 0.109. The van der Waals surface area contributed by atoms with Crippen molar-refractivity contribution in [2.24, 2.45) is 10.6 Å². The summed E-state index contributed by atoms with van der Waals surface area (Å²) in [6, 6.07) is 7.57. The van der Waals surface area contributed by atoms with Gasteiger partial charge in [-0.25, -0.2) is 0 Å². The number of oxime groups is 1. The van der Waals surface area contributed by atoms with Gasteiger partial charge in [-0.1, -0.05) is 38.8 Å². The van der Waals surface area contributed by atoms with E-state index in [9.17, 15) is 0 Å². The third-order valence-electron chi connectivity index (χ3n) is 3.60. The van der Waals surface area contributed by atoms with Crippen molar-refractivity contribution in [1.29, 1.82) is 0 Å². The van der Waals surface area contributed by atoms with Crippen molar-refractivity contribution in [3.8, 4) is 11.5 Å². The highest BCUT2D eigenvalue weighted by molar-refractivity contribution is 5.82. The molecule has 0 fully saturated rings. The maximum Gasteiger partial charge on any atom is 0.158 e. The first kappa shape index (κ1) is 21.5. The Balaban J connectivity index is 2.24. The molecule has 25 heavy (non-hydrogen) atoms. The molecular weight excluding hydrogens is 314 g/mol. The van der Waals surface area contributed by atoms with Crippen LogP contribution in [0.25, 0.3) is 0 Å². The van der Waals surface area contributed by atoms with Crippen LogP contribution in [0.1, 0.15) is 67.2 Å². The molecule has 0 atom stereocenters. The summed E-state index contributed by atoms with van der Waals surface area (Å²) >= 11 is 0. The summed E-state index contributed by atoms with van der Waals surface area (Å²) in [5.74, 6) is 1.56. The van der Waals surface area contributed by atoms with Crippen LogP contribution in [-0.4, -0.2) is 25.0 Å². The fraction of sp³-hybridized carbons (Fsp3) is 0.667. The minimum Gasteiger partial charge on any atom is -0.494 e. The second-order valence-corrected chi connectivity index (χ2v) is 7.97. The highest BCUT2D eigenvalue weighted by atomic mass is 16.6. The van der Waals surface area contributed by atoms with Gasteiger partial charge in [-0.05, 0) is 63.3 Å². The average Bonchev–Trinajstić information content (AvgIpc) is 2.54. The van der Waals surface area contributed by atoms with Crippen LogP contribution in [0.5, 0.6) is 11.5 Å². The van der Waals surface area contributed by atoms with Crippen LogP contribution in [0.2, 0.25) is 0 Å². The molecule has 0 bridgehead atoms. The zero-order chi connectivity index (χ0) is 18.7. The first-order valence-electron chi connectivity index (χ1n) is 9.31. The van der Waals surface area contributed by atoms with Crippen LogP contribution in [0.4, 0.5) is 0 Å². The quantitative estimate of drug-likeness (QED) is 0.286. The Bertz CT molecular complexity index is 501. The Morgan fingerprint density at radius 1 is 1.00 bits per heavy atom. The minimum absolute atomic E-state index is 0.190. The topological polar surface area (TPSA) is 40.0 Å². The molecule has 1 aromatic carbocycles. The van der Waals surface area contributed by atoms with Crippen molar-refractivity contribution >= 4 is 5.71 Å². The van der Waals surface area contributed by atoms with Crippen LogP contribution in [0.3, 0.4) is 0 Å². The van der Waals surface area contributed by atoms with E-state index < -0.39 is 0 Å². The number of ether oxygens (including phenoxy) is 2. The van der Waals surface area contributed by atoms with Gasteiger partial charge in [0.2, 0.25) is 0 Å². The molecular formula is C21H35NO3. The van der Waals surface area contributed by atoms with Gasteiger partial charge in [0.25, 0.3) is 0 Å². The van der Waals surface area contributed by atoms with Crippen molar-refractivity contribution in [2.45, 2.75) is 73.3 Å². The molecule has 0 aliphatic carbocycles. The molecule has 0 N–H and O–H groups in total. The third-order valence-corrected chi connectivity index (χ3v) is 3.60. The van der Waals surface area contributed by atoms with Gasteiger partial charge in [-0.2, -0.15) is 0 Å². The summed E-state index contributed by atoms with van der Waals surface area (Å²) < 4.78 is 11.2. The van der Waals surface area contributed by atoms with Gasteiger partial charge in [-0.15, -0.1) is 0 Å². The van der Waals surface area contributed by atoms with Crippen molar-refractivity contribution in [2.75, 3.05) is 13.2 Å². The molecule has 0 unspecified atom stereocenters. The fourth-order valence-corrected chi connectivity index (χ4v) is 2.17. The van der Waals surface area contributed by atoms with Crippen molar-refractivity contribution in [3.05, 3.63) is 24.3 Å². The van der Waals surface area contributed by atoms with Crippen molar-refractivity contribution < 1.29 is 14.3 Å². The summed E-state index contributed by atoms with van der Waals surface area (Å²) in [6.07, 6.45) is 5.02. The van der Waals surface area contributed by atoms with Crippen molar-refractivity contribution in [3.63, 3.8) is 0 Å². The van der Waals surface area contributed by atoms with Gasteiger partial charge in [0, 0.05) is 0 Å². The summed E-state index contributed by atoms with van der Waals surface area (Å²) in [4.78, 5) is 5.40. The lowest BCUT2D eigenvalue weighted by atomic mass is 9.89. The maximum atomic E-state index is 5.77. The first-order chi connectivity index (χ1) is 11.8. The zero-order valence-electron chi connectivity index (χ0n) is 16.8.